The first-order valence-electron chi connectivity index (χ1n) is 8.34. The maximum absolute atomic E-state index is 11.3. The van der Waals surface area contributed by atoms with Gasteiger partial charge in [-0.25, -0.2) is 9.67 Å². The van der Waals surface area contributed by atoms with Gasteiger partial charge in [0, 0.05) is 11.7 Å². The van der Waals surface area contributed by atoms with Crippen molar-refractivity contribution in [3.05, 3.63) is 41.9 Å². The Bertz CT molecular complexity index is 924. The van der Waals surface area contributed by atoms with Crippen LogP contribution in [0.15, 0.2) is 30.3 Å². The highest BCUT2D eigenvalue weighted by Crippen LogP contribution is 2.24. The molecule has 136 valence electrons. The third-order valence-electron chi connectivity index (χ3n) is 3.94. The summed E-state index contributed by atoms with van der Waals surface area (Å²) in [4.78, 5) is 15.8. The smallest absolute Gasteiger partial charge is 0.225 e. The number of benzene rings is 1. The molecule has 0 bridgehead atoms. The molecule has 2 heterocycles. The van der Waals surface area contributed by atoms with Crippen LogP contribution in [0.25, 0.3) is 17.2 Å². The number of amides is 1. The second kappa shape index (κ2) is 6.99. The number of hydrogen-bond acceptors (Lipinski definition) is 5. The summed E-state index contributed by atoms with van der Waals surface area (Å²) >= 11 is 0. The van der Waals surface area contributed by atoms with E-state index in [0.717, 1.165) is 17.1 Å². The molecule has 0 spiro atoms. The number of nitrogens with zero attached hydrogens (tertiary/aromatic N) is 5. The Labute approximate surface area is 151 Å². The third-order valence-corrected chi connectivity index (χ3v) is 3.94. The Morgan fingerprint density at radius 1 is 1.23 bits per heavy atom. The third kappa shape index (κ3) is 3.44. The number of methoxy groups -OCH3 is 1. The summed E-state index contributed by atoms with van der Waals surface area (Å²) in [7, 11) is 1.61. The molecule has 1 aromatic carbocycles. The molecular weight excluding hydrogens is 332 g/mol. The zero-order valence-corrected chi connectivity index (χ0v) is 15.3. The quantitative estimate of drug-likeness (QED) is 0.730. The SMILES string of the molecule is COc1ccc(-n2nc(CC(N)=O)nc2-c2cc(C)n(C(C)C)n2)cc1. The van der Waals surface area contributed by atoms with Crippen LogP contribution in [-0.2, 0) is 11.2 Å². The van der Waals surface area contributed by atoms with Gasteiger partial charge in [-0.2, -0.15) is 10.2 Å². The molecule has 0 aliphatic carbocycles. The molecule has 0 radical (unpaired) electrons. The summed E-state index contributed by atoms with van der Waals surface area (Å²) in [6.45, 7) is 6.13. The molecule has 8 heteroatoms. The van der Waals surface area contributed by atoms with Crippen molar-refractivity contribution in [2.45, 2.75) is 33.2 Å². The van der Waals surface area contributed by atoms with Crippen LogP contribution >= 0.6 is 0 Å². The van der Waals surface area contributed by atoms with Gasteiger partial charge in [0.05, 0.1) is 19.2 Å². The van der Waals surface area contributed by atoms with Crippen molar-refractivity contribution in [3.8, 4) is 23.0 Å². The van der Waals surface area contributed by atoms with Crippen LogP contribution in [0.2, 0.25) is 0 Å². The van der Waals surface area contributed by atoms with E-state index in [-0.39, 0.29) is 12.5 Å². The predicted molar refractivity (Wildman–Crippen MR) is 97.2 cm³/mol. The molecule has 26 heavy (non-hydrogen) atoms. The summed E-state index contributed by atoms with van der Waals surface area (Å²) < 4.78 is 8.80. The van der Waals surface area contributed by atoms with Crippen molar-refractivity contribution in [3.63, 3.8) is 0 Å². The number of nitrogens with two attached hydrogens (primary N) is 1. The second-order valence-corrected chi connectivity index (χ2v) is 6.31. The van der Waals surface area contributed by atoms with Crippen LogP contribution < -0.4 is 10.5 Å². The summed E-state index contributed by atoms with van der Waals surface area (Å²) in [5.41, 5.74) is 7.81. The number of carbonyl (C=O) groups excluding carboxylic acids is 1. The molecule has 0 saturated carbocycles. The molecule has 3 rings (SSSR count). The summed E-state index contributed by atoms with van der Waals surface area (Å²) in [5, 5.41) is 9.10. The molecule has 3 aromatic rings. The van der Waals surface area contributed by atoms with Gasteiger partial charge < -0.3 is 10.5 Å². The first kappa shape index (κ1) is 17.7. The fourth-order valence-corrected chi connectivity index (χ4v) is 2.77. The van der Waals surface area contributed by atoms with Crippen LogP contribution in [0.3, 0.4) is 0 Å². The Kier molecular flexibility index (Phi) is 4.75. The molecular formula is C18H22N6O2. The van der Waals surface area contributed by atoms with Gasteiger partial charge >= 0.3 is 0 Å². The topological polar surface area (TPSA) is 101 Å². The summed E-state index contributed by atoms with van der Waals surface area (Å²) in [5.74, 6) is 1.19. The van der Waals surface area contributed by atoms with Crippen molar-refractivity contribution < 1.29 is 9.53 Å². The number of rotatable bonds is 6. The van der Waals surface area contributed by atoms with Gasteiger partial charge in [0.25, 0.3) is 0 Å². The maximum atomic E-state index is 11.3. The van der Waals surface area contributed by atoms with Gasteiger partial charge in [-0.05, 0) is 51.1 Å². The molecule has 0 aliphatic rings. The van der Waals surface area contributed by atoms with Crippen molar-refractivity contribution >= 4 is 5.91 Å². The largest absolute Gasteiger partial charge is 0.497 e. The Morgan fingerprint density at radius 2 is 1.92 bits per heavy atom. The number of ether oxygens (including phenoxy) is 1. The van der Waals surface area contributed by atoms with Crippen LogP contribution in [0, 0.1) is 6.92 Å². The van der Waals surface area contributed by atoms with Gasteiger partial charge in [0.1, 0.15) is 11.4 Å². The number of aromatic nitrogens is 5. The first-order chi connectivity index (χ1) is 12.4. The highest BCUT2D eigenvalue weighted by Gasteiger charge is 2.19. The van der Waals surface area contributed by atoms with Gasteiger partial charge in [-0.15, -0.1) is 0 Å². The highest BCUT2D eigenvalue weighted by molar-refractivity contribution is 5.75. The minimum atomic E-state index is -0.479. The molecule has 2 N–H and O–H groups in total. The van der Waals surface area contributed by atoms with E-state index < -0.39 is 5.91 Å². The molecule has 8 nitrogen and oxygen atoms in total. The van der Waals surface area contributed by atoms with Gasteiger partial charge in [0.15, 0.2) is 11.6 Å². The molecule has 2 aromatic heterocycles. The average Bonchev–Trinajstić information content (AvgIpc) is 3.18. The van der Waals surface area contributed by atoms with Crippen molar-refractivity contribution in [1.82, 2.24) is 24.5 Å². The van der Waals surface area contributed by atoms with E-state index in [1.165, 1.54) is 0 Å². The van der Waals surface area contributed by atoms with E-state index in [2.05, 4.69) is 29.0 Å². The number of hydrogen-bond donors (Lipinski definition) is 1. The maximum Gasteiger partial charge on any atom is 0.225 e. The lowest BCUT2D eigenvalue weighted by molar-refractivity contribution is -0.117. The predicted octanol–water partition coefficient (Wildman–Crippen LogP) is 2.06. The van der Waals surface area contributed by atoms with Crippen molar-refractivity contribution in [2.24, 2.45) is 5.73 Å². The van der Waals surface area contributed by atoms with E-state index in [1.807, 2.05) is 41.9 Å². The van der Waals surface area contributed by atoms with Crippen LogP contribution in [-0.4, -0.2) is 37.6 Å². The monoisotopic (exact) mass is 354 g/mol. The van der Waals surface area contributed by atoms with Crippen molar-refractivity contribution in [1.29, 1.82) is 0 Å². The van der Waals surface area contributed by atoms with Crippen LogP contribution in [0.1, 0.15) is 31.4 Å². The molecule has 0 aliphatic heterocycles. The van der Waals surface area contributed by atoms with E-state index in [4.69, 9.17) is 10.5 Å². The van der Waals surface area contributed by atoms with Gasteiger partial charge in [0.2, 0.25) is 5.91 Å². The number of carbonyl (C=O) groups is 1. The lowest BCUT2D eigenvalue weighted by Crippen LogP contribution is -2.14. The standard InChI is InChI=1S/C18H22N6O2/c1-11(2)23-12(3)9-15(21-23)18-20-17(10-16(19)25)22-24(18)13-5-7-14(26-4)8-6-13/h5-9,11H,10H2,1-4H3,(H2,19,25). The van der Waals surface area contributed by atoms with Gasteiger partial charge in [-0.1, -0.05) is 0 Å². The van der Waals surface area contributed by atoms with E-state index >= 15 is 0 Å². The summed E-state index contributed by atoms with van der Waals surface area (Å²) in [6, 6.07) is 9.61. The lowest BCUT2D eigenvalue weighted by Gasteiger charge is -2.07. The molecule has 1 amide bonds. The van der Waals surface area contributed by atoms with Gasteiger partial charge in [-0.3, -0.25) is 9.48 Å². The second-order valence-electron chi connectivity index (χ2n) is 6.31. The Balaban J connectivity index is 2.11. The molecule has 0 unspecified atom stereocenters. The zero-order valence-electron chi connectivity index (χ0n) is 15.3. The van der Waals surface area contributed by atoms with Crippen LogP contribution in [0.5, 0.6) is 5.75 Å². The zero-order chi connectivity index (χ0) is 18.8. The average molecular weight is 354 g/mol. The lowest BCUT2D eigenvalue weighted by atomic mass is 10.3. The molecule has 0 fully saturated rings. The van der Waals surface area contributed by atoms with Crippen LogP contribution in [0.4, 0.5) is 0 Å². The highest BCUT2D eigenvalue weighted by atomic mass is 16.5. The molecule has 0 saturated heterocycles. The summed E-state index contributed by atoms with van der Waals surface area (Å²) in [6.07, 6.45) is -0.0278. The molecule has 0 atom stereocenters. The Morgan fingerprint density at radius 3 is 2.46 bits per heavy atom. The minimum absolute atomic E-state index is 0.0278. The number of aryl methyl sites for hydroxylation is 1. The minimum Gasteiger partial charge on any atom is -0.497 e. The normalized spacial score (nSPS) is 11.1. The fourth-order valence-electron chi connectivity index (χ4n) is 2.77. The Hall–Kier alpha value is -3.16. The fraction of sp³-hybridized carbons (Fsp3) is 0.333. The van der Waals surface area contributed by atoms with E-state index in [1.54, 1.807) is 11.8 Å². The first-order valence-corrected chi connectivity index (χ1v) is 8.34. The van der Waals surface area contributed by atoms with E-state index in [0.29, 0.717) is 17.3 Å². The van der Waals surface area contributed by atoms with E-state index in [9.17, 15) is 4.79 Å². The van der Waals surface area contributed by atoms with Crippen molar-refractivity contribution in [2.75, 3.05) is 7.11 Å². The number of primary amides is 1.